The monoisotopic (exact) mass is 755 g/mol. The summed E-state index contributed by atoms with van der Waals surface area (Å²) in [5, 5.41) is 7.78. The van der Waals surface area contributed by atoms with Crippen LogP contribution in [0.25, 0.3) is 72.2 Å². The highest BCUT2D eigenvalue weighted by molar-refractivity contribution is 6.10. The van der Waals surface area contributed by atoms with Crippen LogP contribution in [-0.4, -0.2) is 9.61 Å². The second kappa shape index (κ2) is 13.9. The molecule has 2 aromatic heterocycles. The zero-order valence-electron chi connectivity index (χ0n) is 33.0. The van der Waals surface area contributed by atoms with Gasteiger partial charge in [-0.2, -0.15) is 5.10 Å². The average molecular weight is 756 g/mol. The van der Waals surface area contributed by atoms with E-state index in [4.69, 9.17) is 5.10 Å². The van der Waals surface area contributed by atoms with Gasteiger partial charge in [-0.05, 0) is 86.8 Å². The number of hydrogen-bond donors (Lipinski definition) is 0. The molecule has 2 heterocycles. The van der Waals surface area contributed by atoms with Gasteiger partial charge in [0.15, 0.2) is 0 Å². The average Bonchev–Trinajstić information content (AvgIpc) is 3.81. The van der Waals surface area contributed by atoms with Crippen LogP contribution in [0.1, 0.15) is 25.0 Å². The molecule has 0 bridgehead atoms. The van der Waals surface area contributed by atoms with Crippen LogP contribution in [0.3, 0.4) is 0 Å². The topological polar surface area (TPSA) is 20.5 Å². The third kappa shape index (κ3) is 5.77. The van der Waals surface area contributed by atoms with E-state index in [2.05, 4.69) is 236 Å². The minimum absolute atomic E-state index is 0.135. The van der Waals surface area contributed by atoms with Crippen LogP contribution in [0.4, 0.5) is 17.1 Å². The lowest BCUT2D eigenvalue weighted by atomic mass is 9.82. The lowest BCUT2D eigenvalue weighted by molar-refractivity contribution is 0.660. The highest BCUT2D eigenvalue weighted by Gasteiger charge is 2.36. The van der Waals surface area contributed by atoms with Crippen LogP contribution in [0, 0.1) is 0 Å². The van der Waals surface area contributed by atoms with Gasteiger partial charge < -0.3 is 4.90 Å². The van der Waals surface area contributed by atoms with Crippen LogP contribution in [0.15, 0.2) is 212 Å². The summed E-state index contributed by atoms with van der Waals surface area (Å²) in [5.74, 6) is 0. The molecule has 0 saturated heterocycles. The number of nitrogens with zero attached hydrogens (tertiary/aromatic N) is 3. The Balaban J connectivity index is 1.18. The number of hydrogen-bond acceptors (Lipinski definition) is 2. The molecule has 0 amide bonds. The van der Waals surface area contributed by atoms with Crippen molar-refractivity contribution in [2.75, 3.05) is 4.90 Å². The van der Waals surface area contributed by atoms with E-state index >= 15 is 0 Å². The number of anilines is 3. The van der Waals surface area contributed by atoms with Gasteiger partial charge >= 0.3 is 0 Å². The minimum atomic E-state index is -0.135. The molecule has 3 nitrogen and oxygen atoms in total. The minimum Gasteiger partial charge on any atom is -0.310 e. The van der Waals surface area contributed by atoms with Crippen molar-refractivity contribution < 1.29 is 0 Å². The van der Waals surface area contributed by atoms with Crippen LogP contribution >= 0.6 is 0 Å². The summed E-state index contributed by atoms with van der Waals surface area (Å²) in [4.78, 5) is 2.42. The van der Waals surface area contributed by atoms with Crippen molar-refractivity contribution in [2.45, 2.75) is 19.3 Å². The van der Waals surface area contributed by atoms with Gasteiger partial charge in [0, 0.05) is 44.6 Å². The molecule has 10 aromatic rings. The van der Waals surface area contributed by atoms with E-state index in [1.807, 2.05) is 0 Å². The molecule has 0 saturated carbocycles. The molecule has 0 radical (unpaired) electrons. The van der Waals surface area contributed by atoms with Crippen molar-refractivity contribution in [3.63, 3.8) is 0 Å². The highest BCUT2D eigenvalue weighted by atomic mass is 15.2. The maximum atomic E-state index is 5.49. The lowest BCUT2D eigenvalue weighted by Gasteiger charge is -2.28. The standard InChI is InChI=1S/C56H41N3/c1-56(2)50-26-16-15-25-47(50)48-34-33-46(37-51(48)56)58(44-30-27-39(28-31-44)38-17-7-3-8-18-38)45-32-29-43-35-52(40-19-9-4-10-20-40)59-55(49(43)36-45)53(41-21-11-5-12-22-41)54(57-59)42-23-13-6-14-24-42/h3-37H,1-2H3. The van der Waals surface area contributed by atoms with Crippen molar-refractivity contribution in [2.24, 2.45) is 0 Å². The molecule has 0 fully saturated rings. The molecule has 280 valence electrons. The molecule has 8 aromatic carbocycles. The van der Waals surface area contributed by atoms with Gasteiger partial charge in [-0.15, -0.1) is 0 Å². The second-order valence-electron chi connectivity index (χ2n) is 16.0. The molecule has 1 aliphatic carbocycles. The molecule has 11 rings (SSSR count). The third-order valence-corrected chi connectivity index (χ3v) is 12.2. The number of aromatic nitrogens is 2. The van der Waals surface area contributed by atoms with Crippen molar-refractivity contribution in [1.29, 1.82) is 0 Å². The fraction of sp³-hybridized carbons (Fsp3) is 0.0536. The van der Waals surface area contributed by atoms with Crippen LogP contribution < -0.4 is 4.90 Å². The van der Waals surface area contributed by atoms with Crippen molar-refractivity contribution in [1.82, 2.24) is 9.61 Å². The number of rotatable bonds is 7. The van der Waals surface area contributed by atoms with E-state index in [9.17, 15) is 0 Å². The molecule has 3 heteroatoms. The summed E-state index contributed by atoms with van der Waals surface area (Å²) < 4.78 is 2.18. The highest BCUT2D eigenvalue weighted by Crippen LogP contribution is 2.51. The summed E-state index contributed by atoms with van der Waals surface area (Å²) in [7, 11) is 0. The van der Waals surface area contributed by atoms with Crippen LogP contribution in [0.2, 0.25) is 0 Å². The van der Waals surface area contributed by atoms with E-state index in [0.29, 0.717) is 0 Å². The Morgan fingerprint density at radius 1 is 0.424 bits per heavy atom. The van der Waals surface area contributed by atoms with Crippen molar-refractivity contribution in [3.05, 3.63) is 223 Å². The SMILES string of the molecule is CC1(C)c2ccccc2-c2ccc(N(c3ccc(-c4ccccc4)cc3)c3ccc4cc(-c5ccccc5)n5nc(-c6ccccc6)c(-c6ccccc6)c5c4c3)cc21. The van der Waals surface area contributed by atoms with Crippen molar-refractivity contribution in [3.8, 4) is 55.9 Å². The second-order valence-corrected chi connectivity index (χ2v) is 16.0. The van der Waals surface area contributed by atoms with Gasteiger partial charge in [0.1, 0.15) is 5.69 Å². The number of pyridine rings is 1. The van der Waals surface area contributed by atoms with Gasteiger partial charge in [0.25, 0.3) is 0 Å². The maximum absolute atomic E-state index is 5.49. The van der Waals surface area contributed by atoms with Crippen molar-refractivity contribution >= 4 is 33.4 Å². The molecular formula is C56H41N3. The molecule has 0 spiro atoms. The largest absolute Gasteiger partial charge is 0.310 e. The van der Waals surface area contributed by atoms with Gasteiger partial charge in [-0.1, -0.05) is 184 Å². The smallest absolute Gasteiger partial charge is 0.101 e. The predicted octanol–water partition coefficient (Wildman–Crippen LogP) is 14.9. The molecular weight excluding hydrogens is 715 g/mol. The Labute approximate surface area is 345 Å². The lowest BCUT2D eigenvalue weighted by Crippen LogP contribution is -2.16. The Bertz CT molecular complexity index is 3150. The maximum Gasteiger partial charge on any atom is 0.101 e. The first kappa shape index (κ1) is 34.7. The molecule has 0 N–H and O–H groups in total. The van der Waals surface area contributed by atoms with Gasteiger partial charge in [-0.3, -0.25) is 0 Å². The summed E-state index contributed by atoms with van der Waals surface area (Å²) in [6.07, 6.45) is 0. The number of fused-ring (bicyclic) bond motifs is 6. The summed E-state index contributed by atoms with van der Waals surface area (Å²) in [6, 6.07) is 76.7. The zero-order valence-corrected chi connectivity index (χ0v) is 33.0. The quantitative estimate of drug-likeness (QED) is 0.161. The Hall–Kier alpha value is -7.49. The first-order valence-corrected chi connectivity index (χ1v) is 20.4. The number of benzene rings is 8. The summed E-state index contributed by atoms with van der Waals surface area (Å²) >= 11 is 0. The van der Waals surface area contributed by atoms with Crippen LogP contribution in [-0.2, 0) is 5.41 Å². The zero-order chi connectivity index (χ0) is 39.5. The molecule has 0 aliphatic heterocycles. The summed E-state index contributed by atoms with van der Waals surface area (Å²) in [5.41, 5.74) is 18.4. The molecule has 1 aliphatic rings. The molecule has 0 atom stereocenters. The fourth-order valence-corrected chi connectivity index (χ4v) is 9.27. The molecule has 59 heavy (non-hydrogen) atoms. The Morgan fingerprint density at radius 2 is 0.949 bits per heavy atom. The predicted molar refractivity (Wildman–Crippen MR) is 247 cm³/mol. The molecule has 0 unspecified atom stereocenters. The summed E-state index contributed by atoms with van der Waals surface area (Å²) in [6.45, 7) is 4.71. The first-order chi connectivity index (χ1) is 29.0. The van der Waals surface area contributed by atoms with E-state index in [0.717, 1.165) is 67.0 Å². The van der Waals surface area contributed by atoms with Gasteiger partial charge in [0.2, 0.25) is 0 Å². The van der Waals surface area contributed by atoms with Crippen LogP contribution in [0.5, 0.6) is 0 Å². The van der Waals surface area contributed by atoms with E-state index < -0.39 is 0 Å². The van der Waals surface area contributed by atoms with E-state index in [1.54, 1.807) is 0 Å². The first-order valence-electron chi connectivity index (χ1n) is 20.4. The normalized spacial score (nSPS) is 12.7. The van der Waals surface area contributed by atoms with E-state index in [-0.39, 0.29) is 5.41 Å². The fourth-order valence-electron chi connectivity index (χ4n) is 9.27. The van der Waals surface area contributed by atoms with Gasteiger partial charge in [0.05, 0.1) is 11.2 Å². The Kier molecular flexibility index (Phi) is 8.16. The van der Waals surface area contributed by atoms with Gasteiger partial charge in [-0.25, -0.2) is 4.52 Å². The third-order valence-electron chi connectivity index (χ3n) is 12.2. The Morgan fingerprint density at radius 3 is 1.64 bits per heavy atom. The van der Waals surface area contributed by atoms with E-state index in [1.165, 1.54) is 33.4 Å².